The van der Waals surface area contributed by atoms with E-state index in [1.807, 2.05) is 0 Å². The number of alkyl halides is 3. The van der Waals surface area contributed by atoms with Crippen LogP contribution < -0.4 is 0 Å². The first kappa shape index (κ1) is 15.6. The minimum Gasteiger partial charge on any atom is -0.481 e. The average molecular weight is 338 g/mol. The molecule has 0 aliphatic carbocycles. The fourth-order valence-corrected chi connectivity index (χ4v) is 2.49. The number of para-hydroxylation sites is 1. The number of hydrogen-bond acceptors (Lipinski definition) is 4. The molecule has 0 unspecified atom stereocenters. The van der Waals surface area contributed by atoms with Crippen LogP contribution in [0, 0.1) is 0 Å². The zero-order valence-electron chi connectivity index (χ0n) is 10.1. The molecule has 2 aromatic rings. The average Bonchev–Trinajstić information content (AvgIpc) is 2.83. The van der Waals surface area contributed by atoms with Gasteiger partial charge in [0.05, 0.1) is 22.0 Å². The molecule has 112 valence electrons. The number of aromatic nitrogens is 3. The first-order valence-electron chi connectivity index (χ1n) is 5.41. The van der Waals surface area contributed by atoms with E-state index in [0.29, 0.717) is 0 Å². The lowest BCUT2D eigenvalue weighted by Gasteiger charge is -2.15. The summed E-state index contributed by atoms with van der Waals surface area (Å²) in [5, 5.41) is 15.6. The topological polar surface area (TPSA) is 68.0 Å². The summed E-state index contributed by atoms with van der Waals surface area (Å²) in [5.74, 6) is -1.48. The normalized spacial score (nSPS) is 11.6. The van der Waals surface area contributed by atoms with Crippen molar-refractivity contribution in [2.45, 2.75) is 11.3 Å². The first-order valence-corrected chi connectivity index (χ1v) is 6.77. The highest BCUT2D eigenvalue weighted by molar-refractivity contribution is 7.99. The summed E-state index contributed by atoms with van der Waals surface area (Å²) < 4.78 is 40.2. The maximum absolute atomic E-state index is 13.1. The predicted octanol–water partition coefficient (Wildman–Crippen LogP) is 3.12. The molecule has 5 nitrogen and oxygen atoms in total. The summed E-state index contributed by atoms with van der Waals surface area (Å²) >= 11 is 6.61. The van der Waals surface area contributed by atoms with Gasteiger partial charge in [0, 0.05) is 0 Å². The van der Waals surface area contributed by atoms with E-state index in [2.05, 4.69) is 10.2 Å². The molecule has 2 rings (SSSR count). The highest BCUT2D eigenvalue weighted by Gasteiger charge is 2.35. The largest absolute Gasteiger partial charge is 0.481 e. The summed E-state index contributed by atoms with van der Waals surface area (Å²) in [7, 11) is 0. The van der Waals surface area contributed by atoms with Crippen LogP contribution in [0.3, 0.4) is 0 Å². The molecule has 1 aromatic carbocycles. The molecule has 0 fully saturated rings. The molecule has 0 atom stereocenters. The van der Waals surface area contributed by atoms with Gasteiger partial charge in [-0.2, -0.15) is 13.2 Å². The molecular weight excluding hydrogens is 331 g/mol. The van der Waals surface area contributed by atoms with Gasteiger partial charge in [0.15, 0.2) is 5.16 Å². The molecule has 0 amide bonds. The van der Waals surface area contributed by atoms with Crippen molar-refractivity contribution in [3.05, 3.63) is 35.1 Å². The van der Waals surface area contributed by atoms with Crippen LogP contribution in [-0.4, -0.2) is 31.6 Å². The van der Waals surface area contributed by atoms with E-state index in [1.54, 1.807) is 0 Å². The van der Waals surface area contributed by atoms with Crippen molar-refractivity contribution in [2.24, 2.45) is 0 Å². The van der Waals surface area contributed by atoms with Gasteiger partial charge in [-0.3, -0.25) is 9.36 Å². The Morgan fingerprint density at radius 1 is 1.43 bits per heavy atom. The molecule has 0 spiro atoms. The molecule has 0 saturated carbocycles. The Balaban J connectivity index is 2.53. The number of nitrogens with zero attached hydrogens (tertiary/aromatic N) is 3. The van der Waals surface area contributed by atoms with Crippen LogP contribution >= 0.6 is 23.4 Å². The van der Waals surface area contributed by atoms with Gasteiger partial charge in [-0.1, -0.05) is 29.4 Å². The second kappa shape index (κ2) is 5.94. The molecule has 0 radical (unpaired) electrons. The van der Waals surface area contributed by atoms with Crippen LogP contribution in [-0.2, 0) is 11.0 Å². The van der Waals surface area contributed by atoms with E-state index in [-0.39, 0.29) is 21.6 Å². The Labute approximate surface area is 125 Å². The van der Waals surface area contributed by atoms with E-state index < -0.39 is 17.7 Å². The second-order valence-electron chi connectivity index (χ2n) is 3.80. The molecule has 1 heterocycles. The molecular formula is C11H7ClF3N3O2S. The number of halogens is 4. The Kier molecular flexibility index (Phi) is 4.43. The van der Waals surface area contributed by atoms with Crippen molar-refractivity contribution in [3.8, 4) is 5.69 Å². The number of hydrogen-bond donors (Lipinski definition) is 1. The van der Waals surface area contributed by atoms with Crippen molar-refractivity contribution < 1.29 is 23.1 Å². The standard InChI is InChI=1S/C11H7ClF3N3O2S/c12-7-3-1-2-6(11(13,14)15)9(7)18-5-16-17-10(18)21-4-8(19)20/h1-3,5H,4H2,(H,19,20). The van der Waals surface area contributed by atoms with E-state index >= 15 is 0 Å². The predicted molar refractivity (Wildman–Crippen MR) is 69.7 cm³/mol. The quantitative estimate of drug-likeness (QED) is 0.868. The van der Waals surface area contributed by atoms with Gasteiger partial charge in [-0.05, 0) is 12.1 Å². The second-order valence-corrected chi connectivity index (χ2v) is 5.15. The van der Waals surface area contributed by atoms with Crippen molar-refractivity contribution >= 4 is 29.3 Å². The Bertz CT molecular complexity index is 675. The monoisotopic (exact) mass is 337 g/mol. The van der Waals surface area contributed by atoms with Crippen LogP contribution in [0.15, 0.2) is 29.7 Å². The van der Waals surface area contributed by atoms with Gasteiger partial charge < -0.3 is 5.11 Å². The highest BCUT2D eigenvalue weighted by atomic mass is 35.5. The number of thioether (sulfide) groups is 1. The lowest BCUT2D eigenvalue weighted by molar-refractivity contribution is -0.137. The van der Waals surface area contributed by atoms with Gasteiger partial charge in [0.2, 0.25) is 0 Å². The lowest BCUT2D eigenvalue weighted by Crippen LogP contribution is -2.12. The van der Waals surface area contributed by atoms with Crippen molar-refractivity contribution in [3.63, 3.8) is 0 Å². The van der Waals surface area contributed by atoms with Gasteiger partial charge in [-0.25, -0.2) is 0 Å². The number of carboxylic acid groups (broad SMARTS) is 1. The maximum atomic E-state index is 13.1. The zero-order valence-corrected chi connectivity index (χ0v) is 11.7. The molecule has 0 saturated heterocycles. The van der Waals surface area contributed by atoms with Crippen LogP contribution in [0.5, 0.6) is 0 Å². The van der Waals surface area contributed by atoms with Gasteiger partial charge in [0.1, 0.15) is 6.33 Å². The molecule has 10 heteroatoms. The van der Waals surface area contributed by atoms with Crippen LogP contribution in [0.2, 0.25) is 5.02 Å². The van der Waals surface area contributed by atoms with E-state index in [0.717, 1.165) is 28.7 Å². The number of aliphatic carboxylic acids is 1. The van der Waals surface area contributed by atoms with Gasteiger partial charge >= 0.3 is 12.1 Å². The summed E-state index contributed by atoms with van der Waals surface area (Å²) in [6.07, 6.45) is -3.56. The van der Waals surface area contributed by atoms with Crippen LogP contribution in [0.4, 0.5) is 13.2 Å². The molecule has 0 bridgehead atoms. The number of carbonyl (C=O) groups is 1. The van der Waals surface area contributed by atoms with Crippen molar-refractivity contribution in [1.82, 2.24) is 14.8 Å². The third-order valence-electron chi connectivity index (χ3n) is 2.37. The summed E-state index contributed by atoms with van der Waals surface area (Å²) in [5.41, 5.74) is -1.28. The van der Waals surface area contributed by atoms with E-state index in [9.17, 15) is 18.0 Å². The number of carboxylic acids is 1. The minimum atomic E-state index is -4.61. The summed E-state index contributed by atoms with van der Waals surface area (Å²) in [4.78, 5) is 10.6. The third-order valence-corrected chi connectivity index (χ3v) is 3.61. The molecule has 0 aliphatic rings. The molecule has 1 aromatic heterocycles. The van der Waals surface area contributed by atoms with E-state index in [1.165, 1.54) is 12.1 Å². The van der Waals surface area contributed by atoms with Crippen LogP contribution in [0.25, 0.3) is 5.69 Å². The molecule has 0 aliphatic heterocycles. The lowest BCUT2D eigenvalue weighted by atomic mass is 10.1. The Hall–Kier alpha value is -1.74. The van der Waals surface area contributed by atoms with Crippen molar-refractivity contribution in [2.75, 3.05) is 5.75 Å². The fourth-order valence-electron chi connectivity index (χ4n) is 1.59. The third kappa shape index (κ3) is 3.48. The summed E-state index contributed by atoms with van der Waals surface area (Å²) in [6, 6.07) is 3.37. The van der Waals surface area contributed by atoms with Gasteiger partial charge in [-0.15, -0.1) is 10.2 Å². The van der Waals surface area contributed by atoms with Crippen molar-refractivity contribution in [1.29, 1.82) is 0 Å². The zero-order chi connectivity index (χ0) is 15.6. The van der Waals surface area contributed by atoms with Gasteiger partial charge in [0.25, 0.3) is 0 Å². The molecule has 21 heavy (non-hydrogen) atoms. The number of benzene rings is 1. The SMILES string of the molecule is O=C(O)CSc1nncn1-c1c(Cl)cccc1C(F)(F)F. The first-order chi connectivity index (χ1) is 9.80. The smallest absolute Gasteiger partial charge is 0.418 e. The fraction of sp³-hybridized carbons (Fsp3) is 0.182. The van der Waals surface area contributed by atoms with E-state index in [4.69, 9.17) is 16.7 Å². The summed E-state index contributed by atoms with van der Waals surface area (Å²) in [6.45, 7) is 0. The Morgan fingerprint density at radius 3 is 2.76 bits per heavy atom. The van der Waals surface area contributed by atoms with Crippen LogP contribution in [0.1, 0.15) is 5.56 Å². The highest BCUT2D eigenvalue weighted by Crippen LogP contribution is 2.38. The number of rotatable bonds is 4. The minimum absolute atomic E-state index is 0.0102. The Morgan fingerprint density at radius 2 is 2.14 bits per heavy atom. The molecule has 1 N–H and O–H groups in total. The maximum Gasteiger partial charge on any atom is 0.418 e.